The van der Waals surface area contributed by atoms with E-state index in [4.69, 9.17) is 4.74 Å². The number of halogens is 1. The van der Waals surface area contributed by atoms with Crippen molar-refractivity contribution < 1.29 is 18.7 Å². The molecule has 3 aromatic rings. The highest BCUT2D eigenvalue weighted by molar-refractivity contribution is 7.20. The molecule has 5 rings (SSSR count). The number of fused-ring (bicyclic) bond motifs is 2. The molecule has 0 radical (unpaired) electrons. The van der Waals surface area contributed by atoms with Crippen molar-refractivity contribution in [3.05, 3.63) is 59.2 Å². The number of piperidine rings is 1. The number of carbonyl (C=O) groups is 2. The summed E-state index contributed by atoms with van der Waals surface area (Å²) in [5.41, 5.74) is 0.647. The van der Waals surface area contributed by atoms with E-state index in [-0.39, 0.29) is 24.2 Å². The number of benzene rings is 2. The molecule has 0 N–H and O–H groups in total. The molecule has 2 aromatic carbocycles. The zero-order chi connectivity index (χ0) is 20.7. The molecular formula is C23H21FN2O3S. The van der Waals surface area contributed by atoms with Gasteiger partial charge in [0.15, 0.2) is 6.10 Å². The molecule has 0 bridgehead atoms. The van der Waals surface area contributed by atoms with Gasteiger partial charge in [0.25, 0.3) is 11.8 Å². The Bertz CT molecular complexity index is 1120. The van der Waals surface area contributed by atoms with Crippen LogP contribution in [0.15, 0.2) is 48.5 Å². The van der Waals surface area contributed by atoms with Gasteiger partial charge in [-0.3, -0.25) is 14.5 Å². The number of hydrogen-bond donors (Lipinski definition) is 0. The third-order valence-corrected chi connectivity index (χ3v) is 6.76. The fraction of sp³-hybridized carbons (Fsp3) is 0.304. The Balaban J connectivity index is 1.47. The summed E-state index contributed by atoms with van der Waals surface area (Å²) in [6.07, 6.45) is 2.40. The first-order valence-corrected chi connectivity index (χ1v) is 11.0. The summed E-state index contributed by atoms with van der Waals surface area (Å²) in [4.78, 5) is 30.5. The fourth-order valence-electron chi connectivity index (χ4n) is 4.13. The number of anilines is 1. The molecular weight excluding hydrogens is 403 g/mol. The topological polar surface area (TPSA) is 49.9 Å². The summed E-state index contributed by atoms with van der Waals surface area (Å²) in [6, 6.07) is 13.5. The van der Waals surface area contributed by atoms with E-state index in [0.717, 1.165) is 37.1 Å². The van der Waals surface area contributed by atoms with Crippen LogP contribution in [-0.4, -0.2) is 42.5 Å². The molecule has 2 aliphatic heterocycles. The number of likely N-dealkylation sites (tertiary alicyclic amines) is 1. The largest absolute Gasteiger partial charge is 0.476 e. The molecule has 0 aliphatic carbocycles. The molecule has 1 fully saturated rings. The van der Waals surface area contributed by atoms with E-state index in [1.807, 2.05) is 23.1 Å². The van der Waals surface area contributed by atoms with Crippen LogP contribution in [0, 0.1) is 5.82 Å². The molecule has 2 amide bonds. The minimum atomic E-state index is -0.728. The van der Waals surface area contributed by atoms with Gasteiger partial charge in [-0.2, -0.15) is 0 Å². The van der Waals surface area contributed by atoms with Crippen molar-refractivity contribution in [2.24, 2.45) is 0 Å². The van der Waals surface area contributed by atoms with Gasteiger partial charge >= 0.3 is 0 Å². The molecule has 1 saturated heterocycles. The van der Waals surface area contributed by atoms with Gasteiger partial charge in [-0.15, -0.1) is 11.3 Å². The fourth-order valence-corrected chi connectivity index (χ4v) is 5.12. The lowest BCUT2D eigenvalue weighted by Gasteiger charge is -2.37. The summed E-state index contributed by atoms with van der Waals surface area (Å²) < 4.78 is 20.4. The number of thiophene rings is 1. The van der Waals surface area contributed by atoms with Crippen LogP contribution >= 0.6 is 11.3 Å². The quantitative estimate of drug-likeness (QED) is 0.610. The molecule has 1 atom stereocenters. The van der Waals surface area contributed by atoms with Crippen LogP contribution in [-0.2, 0) is 4.79 Å². The monoisotopic (exact) mass is 424 g/mol. The predicted molar refractivity (Wildman–Crippen MR) is 115 cm³/mol. The van der Waals surface area contributed by atoms with Crippen molar-refractivity contribution in [1.82, 2.24) is 4.90 Å². The maximum absolute atomic E-state index is 13.6. The average molecular weight is 424 g/mol. The Morgan fingerprint density at radius 2 is 1.83 bits per heavy atom. The second-order valence-corrected chi connectivity index (χ2v) is 8.75. The van der Waals surface area contributed by atoms with E-state index in [1.165, 1.54) is 23.5 Å². The highest BCUT2D eigenvalue weighted by Gasteiger charge is 2.37. The van der Waals surface area contributed by atoms with Gasteiger partial charge in [-0.05, 0) is 61.0 Å². The van der Waals surface area contributed by atoms with Crippen molar-refractivity contribution in [2.45, 2.75) is 25.4 Å². The van der Waals surface area contributed by atoms with Crippen LogP contribution in [0.5, 0.6) is 5.75 Å². The SMILES string of the molecule is O=C([C@H]1CN(C(=O)c2cc3cc(F)ccc3s2)c2ccccc2O1)N1CCCCC1. The number of hydrogen-bond acceptors (Lipinski definition) is 4. The van der Waals surface area contributed by atoms with Crippen molar-refractivity contribution in [2.75, 3.05) is 24.5 Å². The van der Waals surface area contributed by atoms with Crippen LogP contribution in [0.25, 0.3) is 10.1 Å². The van der Waals surface area contributed by atoms with Crippen molar-refractivity contribution >= 4 is 38.9 Å². The molecule has 30 heavy (non-hydrogen) atoms. The summed E-state index contributed by atoms with van der Waals surface area (Å²) in [6.45, 7) is 1.63. The summed E-state index contributed by atoms with van der Waals surface area (Å²) in [5, 5.41) is 0.700. The first-order chi connectivity index (χ1) is 14.6. The Kier molecular flexibility index (Phi) is 4.90. The number of ether oxygens (including phenoxy) is 1. The number of para-hydroxylation sites is 2. The third-order valence-electron chi connectivity index (χ3n) is 5.65. The van der Waals surface area contributed by atoms with Crippen molar-refractivity contribution in [3.63, 3.8) is 0 Å². The van der Waals surface area contributed by atoms with Gasteiger partial charge in [-0.1, -0.05) is 12.1 Å². The molecule has 0 saturated carbocycles. The second kappa shape index (κ2) is 7.72. The van der Waals surface area contributed by atoms with E-state index in [0.29, 0.717) is 21.7 Å². The molecule has 1 aromatic heterocycles. The van der Waals surface area contributed by atoms with Crippen LogP contribution < -0.4 is 9.64 Å². The van der Waals surface area contributed by atoms with E-state index >= 15 is 0 Å². The summed E-state index contributed by atoms with van der Waals surface area (Å²) >= 11 is 1.33. The van der Waals surface area contributed by atoms with Gasteiger partial charge in [0.1, 0.15) is 11.6 Å². The van der Waals surface area contributed by atoms with Gasteiger partial charge in [0.2, 0.25) is 0 Å². The number of nitrogens with zero attached hydrogens (tertiary/aromatic N) is 2. The van der Waals surface area contributed by atoms with Crippen LogP contribution in [0.4, 0.5) is 10.1 Å². The average Bonchev–Trinajstić information content (AvgIpc) is 3.21. The first-order valence-electron chi connectivity index (χ1n) is 10.2. The Hall–Kier alpha value is -2.93. The Morgan fingerprint density at radius 1 is 1.03 bits per heavy atom. The molecule has 2 aliphatic rings. The van der Waals surface area contributed by atoms with E-state index in [1.54, 1.807) is 23.1 Å². The van der Waals surface area contributed by atoms with E-state index in [9.17, 15) is 14.0 Å². The maximum Gasteiger partial charge on any atom is 0.268 e. The lowest BCUT2D eigenvalue weighted by Crippen LogP contribution is -2.52. The molecule has 0 unspecified atom stereocenters. The Morgan fingerprint density at radius 3 is 2.67 bits per heavy atom. The highest BCUT2D eigenvalue weighted by Crippen LogP contribution is 2.36. The van der Waals surface area contributed by atoms with Gasteiger partial charge in [0, 0.05) is 17.8 Å². The second-order valence-electron chi connectivity index (χ2n) is 7.67. The van der Waals surface area contributed by atoms with Gasteiger partial charge in [-0.25, -0.2) is 4.39 Å². The van der Waals surface area contributed by atoms with Crippen LogP contribution in [0.2, 0.25) is 0 Å². The zero-order valence-electron chi connectivity index (χ0n) is 16.3. The molecule has 3 heterocycles. The number of carbonyl (C=O) groups excluding carboxylic acids is 2. The maximum atomic E-state index is 13.6. The minimum absolute atomic E-state index is 0.0691. The zero-order valence-corrected chi connectivity index (χ0v) is 17.2. The lowest BCUT2D eigenvalue weighted by molar-refractivity contribution is -0.139. The van der Waals surface area contributed by atoms with Crippen molar-refractivity contribution in [1.29, 1.82) is 0 Å². The third kappa shape index (κ3) is 3.43. The number of amides is 2. The van der Waals surface area contributed by atoms with Crippen LogP contribution in [0.1, 0.15) is 28.9 Å². The van der Waals surface area contributed by atoms with E-state index < -0.39 is 6.10 Å². The minimum Gasteiger partial charge on any atom is -0.476 e. The normalized spacial score (nSPS) is 18.8. The molecule has 7 heteroatoms. The molecule has 5 nitrogen and oxygen atoms in total. The molecule has 154 valence electrons. The highest BCUT2D eigenvalue weighted by atomic mass is 32.1. The standard InChI is InChI=1S/C23H21FN2O3S/c24-16-8-9-20-15(12-16)13-21(30-20)23(28)26-14-19(22(27)25-10-4-1-5-11-25)29-18-7-3-2-6-17(18)26/h2-3,6-9,12-13,19H,1,4-5,10-11,14H2/t19-/m1/s1. The summed E-state index contributed by atoms with van der Waals surface area (Å²) in [7, 11) is 0. The van der Waals surface area contributed by atoms with E-state index in [2.05, 4.69) is 0 Å². The first kappa shape index (κ1) is 19.1. The lowest BCUT2D eigenvalue weighted by atomic mass is 10.1. The Labute approximate surface area is 177 Å². The van der Waals surface area contributed by atoms with Crippen molar-refractivity contribution in [3.8, 4) is 5.75 Å². The smallest absolute Gasteiger partial charge is 0.268 e. The molecule has 0 spiro atoms. The van der Waals surface area contributed by atoms with Gasteiger partial charge in [0.05, 0.1) is 17.1 Å². The van der Waals surface area contributed by atoms with Crippen LogP contribution in [0.3, 0.4) is 0 Å². The number of rotatable bonds is 2. The summed E-state index contributed by atoms with van der Waals surface area (Å²) in [5.74, 6) is -0.0768. The van der Waals surface area contributed by atoms with Gasteiger partial charge < -0.3 is 9.64 Å². The predicted octanol–water partition coefficient (Wildman–Crippen LogP) is 4.46.